The first-order chi connectivity index (χ1) is 21.3. The van der Waals surface area contributed by atoms with Crippen LogP contribution in [0.25, 0.3) is 11.1 Å². The van der Waals surface area contributed by atoms with Gasteiger partial charge < -0.3 is 24.8 Å². The molecule has 0 unspecified atom stereocenters. The Kier molecular flexibility index (Phi) is 9.15. The van der Waals surface area contributed by atoms with Gasteiger partial charge >= 0.3 is 0 Å². The first-order valence-corrected chi connectivity index (χ1v) is 16.3. The van der Waals surface area contributed by atoms with Gasteiger partial charge in [-0.05, 0) is 68.9 Å². The average Bonchev–Trinajstić information content (AvgIpc) is 3.89. The summed E-state index contributed by atoms with van der Waals surface area (Å²) in [7, 11) is 0. The van der Waals surface area contributed by atoms with Crippen LogP contribution in [-0.2, 0) is 16.1 Å². The minimum atomic E-state index is -0.969. The number of carbonyl (C=O) groups is 2. The lowest BCUT2D eigenvalue weighted by molar-refractivity contribution is -0.146. The molecular weight excluding hydrogens is 572 g/mol. The van der Waals surface area contributed by atoms with E-state index < -0.39 is 5.60 Å². The number of carbonyl (C=O) groups excluding carboxylic acids is 2. The van der Waals surface area contributed by atoms with E-state index in [1.807, 2.05) is 61.2 Å². The normalized spacial score (nSPS) is 19.0. The smallest absolute Gasteiger partial charge is 0.266 e. The molecule has 0 aromatic heterocycles. The highest BCUT2D eigenvalue weighted by Gasteiger charge is 2.38. The third kappa shape index (κ3) is 7.05. The maximum Gasteiger partial charge on any atom is 0.266 e. The first kappa shape index (κ1) is 30.5. The number of hydrogen-bond donors (Lipinski definition) is 1. The lowest BCUT2D eigenvalue weighted by Crippen LogP contribution is -2.54. The van der Waals surface area contributed by atoms with Gasteiger partial charge in [-0.1, -0.05) is 60.1 Å². The lowest BCUT2D eigenvalue weighted by atomic mass is 9.95. The highest BCUT2D eigenvalue weighted by atomic mass is 35.5. The van der Waals surface area contributed by atoms with Crippen molar-refractivity contribution in [1.82, 2.24) is 15.1 Å². The molecule has 2 aliphatic heterocycles. The number of rotatable bonds is 9. The maximum atomic E-state index is 14.0. The summed E-state index contributed by atoms with van der Waals surface area (Å²) < 4.78 is 6.29. The van der Waals surface area contributed by atoms with Crippen LogP contribution in [0.15, 0.2) is 72.8 Å². The van der Waals surface area contributed by atoms with E-state index in [4.69, 9.17) is 16.3 Å². The van der Waals surface area contributed by atoms with E-state index in [1.165, 1.54) is 0 Å². The Morgan fingerprint density at radius 3 is 2.45 bits per heavy atom. The number of hydrogen-bond acceptors (Lipinski definition) is 5. The van der Waals surface area contributed by atoms with Gasteiger partial charge in [0.05, 0.1) is 5.92 Å². The molecule has 7 nitrogen and oxygen atoms in total. The number of amides is 2. The van der Waals surface area contributed by atoms with Gasteiger partial charge in [0.1, 0.15) is 5.75 Å². The zero-order valence-electron chi connectivity index (χ0n) is 25.8. The number of piperazine rings is 1. The van der Waals surface area contributed by atoms with Gasteiger partial charge in [-0.3, -0.25) is 9.59 Å². The molecule has 1 atom stereocenters. The molecule has 6 rings (SSSR count). The van der Waals surface area contributed by atoms with Crippen LogP contribution >= 0.6 is 11.6 Å². The molecule has 8 heteroatoms. The summed E-state index contributed by atoms with van der Waals surface area (Å²) in [6, 6.07) is 24.6. The van der Waals surface area contributed by atoms with E-state index in [2.05, 4.69) is 45.4 Å². The summed E-state index contributed by atoms with van der Waals surface area (Å²) in [5, 5.41) is 4.00. The predicted octanol–water partition coefficient (Wildman–Crippen LogP) is 6.00. The SMILES string of the molecule is CC(C)(Oc1cccc(N2CCC[C@@H](C(=O)N(Cc3ccc(-c4ccccc4)c(Cl)c3)C3CC3)C2)c1)C(=O)N1CCNCC1. The molecule has 232 valence electrons. The number of nitrogens with one attached hydrogen (secondary N) is 1. The van der Waals surface area contributed by atoms with Crippen molar-refractivity contribution < 1.29 is 14.3 Å². The standard InChI is InChI=1S/C36H43ClN4O3/c1-36(2,35(43)39-20-17-38-18-21-39)44-31-12-6-11-30(23-31)40-19-7-10-28(25-40)34(42)41(29-14-15-29)24-26-13-16-32(33(37)22-26)27-8-4-3-5-9-27/h3-6,8-9,11-13,16,22-23,28-29,38H,7,10,14-15,17-21,24-25H2,1-2H3/t28-/m1/s1. The largest absolute Gasteiger partial charge is 0.478 e. The van der Waals surface area contributed by atoms with Crippen LogP contribution in [0.3, 0.4) is 0 Å². The van der Waals surface area contributed by atoms with Gasteiger partial charge in [0.2, 0.25) is 5.91 Å². The second kappa shape index (κ2) is 13.2. The average molecular weight is 615 g/mol. The van der Waals surface area contributed by atoms with Crippen molar-refractivity contribution in [2.75, 3.05) is 44.2 Å². The molecule has 0 spiro atoms. The third-order valence-corrected chi connectivity index (χ3v) is 9.30. The number of nitrogens with zero attached hydrogens (tertiary/aromatic N) is 3. The summed E-state index contributed by atoms with van der Waals surface area (Å²) in [5.41, 5.74) is 3.21. The van der Waals surface area contributed by atoms with Gasteiger partial charge in [-0.25, -0.2) is 0 Å². The van der Waals surface area contributed by atoms with E-state index in [9.17, 15) is 9.59 Å². The van der Waals surface area contributed by atoms with Gasteiger partial charge in [0.25, 0.3) is 5.91 Å². The van der Waals surface area contributed by atoms with E-state index in [0.29, 0.717) is 43.0 Å². The summed E-state index contributed by atoms with van der Waals surface area (Å²) in [5.74, 6) is 0.832. The molecule has 2 saturated heterocycles. The molecule has 3 aromatic rings. The van der Waals surface area contributed by atoms with Crippen molar-refractivity contribution in [1.29, 1.82) is 0 Å². The van der Waals surface area contributed by atoms with Crippen LogP contribution < -0.4 is 15.0 Å². The zero-order chi connectivity index (χ0) is 30.7. The van der Waals surface area contributed by atoms with Crippen molar-refractivity contribution in [2.24, 2.45) is 5.92 Å². The monoisotopic (exact) mass is 614 g/mol. The molecule has 1 saturated carbocycles. The number of piperidine rings is 1. The van der Waals surface area contributed by atoms with Gasteiger partial charge in [-0.15, -0.1) is 0 Å². The van der Waals surface area contributed by atoms with Crippen LogP contribution in [0, 0.1) is 5.92 Å². The second-order valence-corrected chi connectivity index (χ2v) is 13.2. The Morgan fingerprint density at radius 1 is 0.955 bits per heavy atom. The minimum Gasteiger partial charge on any atom is -0.478 e. The quantitative estimate of drug-likeness (QED) is 0.320. The highest BCUT2D eigenvalue weighted by molar-refractivity contribution is 6.33. The van der Waals surface area contributed by atoms with Crippen LogP contribution in [0.4, 0.5) is 5.69 Å². The summed E-state index contributed by atoms with van der Waals surface area (Å²) in [6.07, 6.45) is 3.94. The summed E-state index contributed by atoms with van der Waals surface area (Å²) >= 11 is 6.72. The zero-order valence-corrected chi connectivity index (χ0v) is 26.6. The molecule has 1 aliphatic carbocycles. The van der Waals surface area contributed by atoms with Gasteiger partial charge in [0.15, 0.2) is 5.60 Å². The number of halogens is 1. The van der Waals surface area contributed by atoms with Crippen LogP contribution in [0.1, 0.15) is 45.1 Å². The molecule has 44 heavy (non-hydrogen) atoms. The maximum absolute atomic E-state index is 14.0. The molecule has 3 aliphatic rings. The molecule has 3 aromatic carbocycles. The Morgan fingerprint density at radius 2 is 1.73 bits per heavy atom. The van der Waals surface area contributed by atoms with E-state index in [-0.39, 0.29) is 17.7 Å². The fraction of sp³-hybridized carbons (Fsp3) is 0.444. The predicted molar refractivity (Wildman–Crippen MR) is 176 cm³/mol. The molecule has 2 amide bonds. The molecule has 0 radical (unpaired) electrons. The molecule has 0 bridgehead atoms. The second-order valence-electron chi connectivity index (χ2n) is 12.8. The first-order valence-electron chi connectivity index (χ1n) is 16.0. The Balaban J connectivity index is 1.12. The van der Waals surface area contributed by atoms with Crippen molar-refractivity contribution in [3.05, 3.63) is 83.4 Å². The van der Waals surface area contributed by atoms with E-state index in [0.717, 1.165) is 67.7 Å². The highest BCUT2D eigenvalue weighted by Crippen LogP contribution is 2.35. The van der Waals surface area contributed by atoms with Crippen molar-refractivity contribution in [3.63, 3.8) is 0 Å². The lowest BCUT2D eigenvalue weighted by Gasteiger charge is -2.37. The van der Waals surface area contributed by atoms with Crippen LogP contribution in [-0.4, -0.2) is 72.5 Å². The molecule has 2 heterocycles. The van der Waals surface area contributed by atoms with Crippen LogP contribution in [0.5, 0.6) is 5.75 Å². The number of ether oxygens (including phenoxy) is 1. The Hall–Kier alpha value is -3.55. The van der Waals surface area contributed by atoms with Crippen molar-refractivity contribution >= 4 is 29.1 Å². The Labute approximate surface area is 266 Å². The van der Waals surface area contributed by atoms with E-state index in [1.54, 1.807) is 0 Å². The summed E-state index contributed by atoms with van der Waals surface area (Å²) in [6.45, 7) is 8.81. The Bertz CT molecular complexity index is 1470. The minimum absolute atomic E-state index is 0.00389. The van der Waals surface area contributed by atoms with Gasteiger partial charge in [-0.2, -0.15) is 0 Å². The molecule has 1 N–H and O–H groups in total. The van der Waals surface area contributed by atoms with E-state index >= 15 is 0 Å². The number of benzene rings is 3. The molecular formula is C36H43ClN4O3. The van der Waals surface area contributed by atoms with Crippen molar-refractivity contribution in [3.8, 4) is 16.9 Å². The third-order valence-electron chi connectivity index (χ3n) is 8.99. The molecule has 3 fully saturated rings. The topological polar surface area (TPSA) is 65.1 Å². The fourth-order valence-electron chi connectivity index (χ4n) is 6.46. The van der Waals surface area contributed by atoms with Crippen molar-refractivity contribution in [2.45, 2.75) is 57.7 Å². The number of anilines is 1. The fourth-order valence-corrected chi connectivity index (χ4v) is 6.77. The van der Waals surface area contributed by atoms with Crippen LogP contribution in [0.2, 0.25) is 5.02 Å². The summed E-state index contributed by atoms with van der Waals surface area (Å²) in [4.78, 5) is 33.5. The van der Waals surface area contributed by atoms with Gasteiger partial charge in [0, 0.05) is 74.2 Å².